The first kappa shape index (κ1) is 22.3. The van der Waals surface area contributed by atoms with Gasteiger partial charge in [0.15, 0.2) is 0 Å². The van der Waals surface area contributed by atoms with E-state index in [4.69, 9.17) is 0 Å². The summed E-state index contributed by atoms with van der Waals surface area (Å²) in [6.45, 7) is 7.45. The van der Waals surface area contributed by atoms with Crippen LogP contribution in [0.4, 0.5) is 0 Å². The molecule has 1 aromatic carbocycles. The number of rotatable bonds is 5. The van der Waals surface area contributed by atoms with E-state index in [0.717, 1.165) is 22.5 Å². The maximum absolute atomic E-state index is 13.0. The third-order valence-electron chi connectivity index (χ3n) is 6.04. The van der Waals surface area contributed by atoms with Crippen LogP contribution in [0.5, 0.6) is 0 Å². The van der Waals surface area contributed by atoms with Crippen molar-refractivity contribution in [3.05, 3.63) is 53.1 Å². The third kappa shape index (κ3) is 4.37. The molecule has 4 rings (SSSR count). The van der Waals surface area contributed by atoms with Crippen LogP contribution in [-0.4, -0.2) is 69.3 Å². The van der Waals surface area contributed by atoms with Crippen LogP contribution >= 0.6 is 0 Å². The van der Waals surface area contributed by atoms with E-state index in [2.05, 4.69) is 15.1 Å². The molecule has 1 aliphatic heterocycles. The lowest BCUT2D eigenvalue weighted by molar-refractivity contribution is -0.131. The van der Waals surface area contributed by atoms with Gasteiger partial charge < -0.3 is 4.90 Å². The van der Waals surface area contributed by atoms with Crippen molar-refractivity contribution in [1.29, 1.82) is 0 Å². The van der Waals surface area contributed by atoms with Gasteiger partial charge in [-0.05, 0) is 51.3 Å². The number of hydrogen-bond donors (Lipinski definition) is 0. The lowest BCUT2D eigenvalue weighted by atomic mass is 10.1. The first-order chi connectivity index (χ1) is 15.3. The summed E-state index contributed by atoms with van der Waals surface area (Å²) < 4.78 is 29.2. The fraction of sp³-hybridized carbons (Fsp3) is 0.455. The Kier molecular flexibility index (Phi) is 6.25. The van der Waals surface area contributed by atoms with E-state index in [-0.39, 0.29) is 5.91 Å². The molecule has 0 radical (unpaired) electrons. The highest BCUT2D eigenvalue weighted by Gasteiger charge is 2.28. The van der Waals surface area contributed by atoms with Crippen molar-refractivity contribution >= 4 is 21.7 Å². The van der Waals surface area contributed by atoms with Gasteiger partial charge in [-0.15, -0.1) is 0 Å². The predicted octanol–water partition coefficient (Wildman–Crippen LogP) is 1.91. The molecule has 0 spiro atoms. The van der Waals surface area contributed by atoms with Crippen LogP contribution in [0.15, 0.2) is 35.5 Å². The van der Waals surface area contributed by atoms with Crippen molar-refractivity contribution < 1.29 is 13.2 Å². The van der Waals surface area contributed by atoms with E-state index in [0.29, 0.717) is 56.1 Å². The Morgan fingerprint density at radius 2 is 1.78 bits per heavy atom. The van der Waals surface area contributed by atoms with Gasteiger partial charge >= 0.3 is 0 Å². The summed E-state index contributed by atoms with van der Waals surface area (Å²) >= 11 is 0. The van der Waals surface area contributed by atoms with Crippen LogP contribution in [0.2, 0.25) is 0 Å². The topological polar surface area (TPSA) is 101 Å². The Bertz CT molecular complexity index is 1240. The van der Waals surface area contributed by atoms with Crippen LogP contribution in [0, 0.1) is 20.8 Å². The van der Waals surface area contributed by atoms with Crippen molar-refractivity contribution in [2.24, 2.45) is 0 Å². The molecule has 0 N–H and O–H groups in total. The van der Waals surface area contributed by atoms with Gasteiger partial charge in [-0.2, -0.15) is 14.4 Å². The van der Waals surface area contributed by atoms with Gasteiger partial charge in [0.25, 0.3) is 5.78 Å². The summed E-state index contributed by atoms with van der Waals surface area (Å²) in [5, 5.41) is 4.20. The highest BCUT2D eigenvalue weighted by atomic mass is 32.2. The zero-order chi connectivity index (χ0) is 22.9. The number of aryl methyl sites for hydroxylation is 3. The van der Waals surface area contributed by atoms with Gasteiger partial charge in [-0.3, -0.25) is 4.79 Å². The number of amides is 1. The van der Waals surface area contributed by atoms with E-state index in [1.54, 1.807) is 33.7 Å². The van der Waals surface area contributed by atoms with E-state index >= 15 is 0 Å². The average molecular weight is 457 g/mol. The largest absolute Gasteiger partial charge is 0.341 e. The maximum atomic E-state index is 13.0. The third-order valence-corrected chi connectivity index (χ3v) is 7.96. The van der Waals surface area contributed by atoms with E-state index in [9.17, 15) is 13.2 Å². The lowest BCUT2D eigenvalue weighted by Crippen LogP contribution is -2.37. The Labute approximate surface area is 188 Å². The van der Waals surface area contributed by atoms with Crippen LogP contribution < -0.4 is 0 Å². The molecule has 1 fully saturated rings. The number of carbonyl (C=O) groups excluding carboxylic acids is 1. The van der Waals surface area contributed by atoms with Crippen molar-refractivity contribution in [1.82, 2.24) is 28.8 Å². The molecular formula is C22H28N6O3S. The second-order valence-corrected chi connectivity index (χ2v) is 10.1. The summed E-state index contributed by atoms with van der Waals surface area (Å²) in [6, 6.07) is 6.89. The Morgan fingerprint density at radius 1 is 1.03 bits per heavy atom. The molecule has 3 aromatic rings. The predicted molar refractivity (Wildman–Crippen MR) is 120 cm³/mol. The quantitative estimate of drug-likeness (QED) is 0.581. The number of benzene rings is 1. The minimum Gasteiger partial charge on any atom is -0.341 e. The van der Waals surface area contributed by atoms with E-state index in [1.807, 2.05) is 20.8 Å². The maximum Gasteiger partial charge on any atom is 0.252 e. The van der Waals surface area contributed by atoms with E-state index in [1.165, 1.54) is 10.6 Å². The van der Waals surface area contributed by atoms with Crippen molar-refractivity contribution in [2.45, 2.75) is 44.9 Å². The number of hydrogen-bond acceptors (Lipinski definition) is 6. The lowest BCUT2D eigenvalue weighted by Gasteiger charge is -2.22. The van der Waals surface area contributed by atoms with Crippen LogP contribution in [0.1, 0.15) is 35.4 Å². The van der Waals surface area contributed by atoms with Gasteiger partial charge in [0.2, 0.25) is 15.9 Å². The number of sulfonamides is 1. The number of carbonyl (C=O) groups is 1. The smallest absolute Gasteiger partial charge is 0.252 e. The van der Waals surface area contributed by atoms with Crippen molar-refractivity contribution in [3.63, 3.8) is 0 Å². The van der Waals surface area contributed by atoms with Gasteiger partial charge in [0.05, 0.1) is 4.90 Å². The zero-order valence-electron chi connectivity index (χ0n) is 18.7. The van der Waals surface area contributed by atoms with Gasteiger partial charge in [0.1, 0.15) is 6.33 Å². The minimum absolute atomic E-state index is 0.0251. The molecule has 2 aromatic heterocycles. The van der Waals surface area contributed by atoms with Gasteiger partial charge in [-0.1, -0.05) is 17.7 Å². The first-order valence-electron chi connectivity index (χ1n) is 10.8. The fourth-order valence-corrected chi connectivity index (χ4v) is 5.62. The SMILES string of the molecule is Cc1ccc(S(=O)(=O)N2CCCN(C(=O)CCc3c(C)nc4ncnn4c3C)CC2)cc1. The molecule has 9 nitrogen and oxygen atoms in total. The van der Waals surface area contributed by atoms with Crippen LogP contribution in [-0.2, 0) is 21.2 Å². The zero-order valence-corrected chi connectivity index (χ0v) is 19.5. The monoisotopic (exact) mass is 456 g/mol. The van der Waals surface area contributed by atoms with Gasteiger partial charge in [-0.25, -0.2) is 17.9 Å². The number of nitrogens with zero attached hydrogens (tertiary/aromatic N) is 6. The molecule has 0 aliphatic carbocycles. The summed E-state index contributed by atoms with van der Waals surface area (Å²) in [5.74, 6) is 0.578. The molecule has 1 amide bonds. The molecular weight excluding hydrogens is 428 g/mol. The summed E-state index contributed by atoms with van der Waals surface area (Å²) in [5.41, 5.74) is 3.79. The number of fused-ring (bicyclic) bond motifs is 1. The standard InChI is InChI=1S/C22H28N6O3S/c1-16-5-7-19(8-6-16)32(30,31)27-12-4-11-26(13-14-27)21(29)10-9-20-17(2)25-22-23-15-24-28(22)18(20)3/h5-8,15H,4,9-14H2,1-3H3. The molecule has 0 bridgehead atoms. The minimum atomic E-state index is -3.56. The Hall–Kier alpha value is -2.85. The average Bonchev–Trinajstić information content (AvgIpc) is 3.08. The van der Waals surface area contributed by atoms with Crippen LogP contribution in [0.3, 0.4) is 0 Å². The number of aromatic nitrogens is 4. The highest BCUT2D eigenvalue weighted by Crippen LogP contribution is 2.20. The van der Waals surface area contributed by atoms with Crippen LogP contribution in [0.25, 0.3) is 5.78 Å². The molecule has 0 saturated carbocycles. The summed E-state index contributed by atoms with van der Waals surface area (Å²) in [7, 11) is -3.56. The summed E-state index contributed by atoms with van der Waals surface area (Å²) in [6.07, 6.45) is 2.98. The molecule has 10 heteroatoms. The molecule has 0 unspecified atom stereocenters. The molecule has 1 saturated heterocycles. The summed E-state index contributed by atoms with van der Waals surface area (Å²) in [4.78, 5) is 23.6. The second-order valence-electron chi connectivity index (χ2n) is 8.18. The molecule has 0 atom stereocenters. The second kappa shape index (κ2) is 8.95. The molecule has 1 aliphatic rings. The molecule has 170 valence electrons. The highest BCUT2D eigenvalue weighted by molar-refractivity contribution is 7.89. The van der Waals surface area contributed by atoms with Crippen molar-refractivity contribution in [2.75, 3.05) is 26.2 Å². The van der Waals surface area contributed by atoms with Gasteiger partial charge in [0, 0.05) is 44.0 Å². The first-order valence-corrected chi connectivity index (χ1v) is 12.2. The Balaban J connectivity index is 1.40. The molecule has 32 heavy (non-hydrogen) atoms. The molecule has 3 heterocycles. The normalized spacial score (nSPS) is 15.8. The fourth-order valence-electron chi connectivity index (χ4n) is 4.15. The van der Waals surface area contributed by atoms with E-state index < -0.39 is 10.0 Å². The van der Waals surface area contributed by atoms with Crippen molar-refractivity contribution in [3.8, 4) is 0 Å². The Morgan fingerprint density at radius 3 is 2.53 bits per heavy atom.